The molecule has 0 spiro atoms. The molecule has 0 saturated heterocycles. The predicted molar refractivity (Wildman–Crippen MR) is 58.2 cm³/mol. The number of nitrogens with one attached hydrogen (secondary N) is 1. The minimum absolute atomic E-state index is 0. The number of H-pyrrole nitrogens is 1. The fraction of sp³-hybridized carbons (Fsp3) is 0.100. The topological polar surface area (TPSA) is 28.7 Å². The van der Waals surface area contributed by atoms with Gasteiger partial charge in [-0.05, 0) is 5.56 Å². The molecule has 2 aromatic rings. The molecule has 0 aliphatic heterocycles. The van der Waals surface area contributed by atoms with Crippen LogP contribution in [0.4, 0.5) is 0 Å². The van der Waals surface area contributed by atoms with Crippen LogP contribution in [0.5, 0.6) is 0 Å². The Balaban J connectivity index is 0.000000845. The van der Waals surface area contributed by atoms with Crippen molar-refractivity contribution in [2.75, 3.05) is 0 Å². The maximum atomic E-state index is 4.16. The van der Waals surface area contributed by atoms with Crippen LogP contribution in [-0.4, -0.2) is 9.97 Å². The second-order valence-corrected chi connectivity index (χ2v) is 2.70. The summed E-state index contributed by atoms with van der Waals surface area (Å²) in [5.74, 6) is 1.02. The molecule has 0 fully saturated rings. The van der Waals surface area contributed by atoms with E-state index in [2.05, 4.69) is 22.1 Å². The van der Waals surface area contributed by atoms with E-state index >= 15 is 0 Å². The molecule has 0 aliphatic carbocycles. The zero-order chi connectivity index (χ0) is 8.23. The number of aromatic nitrogens is 2. The van der Waals surface area contributed by atoms with Gasteiger partial charge >= 0.3 is 0 Å². The number of nitrogens with zero attached hydrogens (tertiary/aromatic N) is 1. The molecule has 0 bridgehead atoms. The summed E-state index contributed by atoms with van der Waals surface area (Å²) in [6.07, 6.45) is 4.50. The van der Waals surface area contributed by atoms with Gasteiger partial charge in [0.25, 0.3) is 0 Å². The Morgan fingerprint density at radius 1 is 1.15 bits per heavy atom. The number of aromatic amines is 1. The second kappa shape index (κ2) is 4.82. The summed E-state index contributed by atoms with van der Waals surface area (Å²) in [6, 6.07) is 10.3. The van der Waals surface area contributed by atoms with Crippen molar-refractivity contribution in [3.63, 3.8) is 0 Å². The standard InChI is InChI=1S/C10H10N2.BrH/c1-2-4-9(5-3-1)8-10-11-6-7-12-10;/h1-7H,8H2,(H,11,12);1H. The fourth-order valence-corrected chi connectivity index (χ4v) is 1.18. The number of benzene rings is 1. The van der Waals surface area contributed by atoms with Crippen molar-refractivity contribution >= 4 is 17.0 Å². The van der Waals surface area contributed by atoms with Crippen molar-refractivity contribution in [3.05, 3.63) is 54.1 Å². The van der Waals surface area contributed by atoms with Crippen LogP contribution in [0.15, 0.2) is 42.7 Å². The van der Waals surface area contributed by atoms with Gasteiger partial charge in [-0.15, -0.1) is 17.0 Å². The van der Waals surface area contributed by atoms with Crippen LogP contribution in [-0.2, 0) is 6.42 Å². The number of hydrogen-bond donors (Lipinski definition) is 1. The van der Waals surface area contributed by atoms with Crippen LogP contribution in [0.2, 0.25) is 0 Å². The lowest BCUT2D eigenvalue weighted by Crippen LogP contribution is -1.89. The Kier molecular flexibility index (Phi) is 3.71. The van der Waals surface area contributed by atoms with E-state index in [9.17, 15) is 0 Å². The third-order valence-electron chi connectivity index (χ3n) is 1.77. The SMILES string of the molecule is Br.c1ccc(Cc2ncc[nH]2)cc1. The highest BCUT2D eigenvalue weighted by Gasteiger charge is 1.95. The number of imidazole rings is 1. The molecule has 68 valence electrons. The van der Waals surface area contributed by atoms with E-state index in [4.69, 9.17) is 0 Å². The minimum Gasteiger partial charge on any atom is -0.348 e. The van der Waals surface area contributed by atoms with E-state index < -0.39 is 0 Å². The molecule has 0 unspecified atom stereocenters. The molecular weight excluding hydrogens is 228 g/mol. The van der Waals surface area contributed by atoms with E-state index in [1.807, 2.05) is 24.4 Å². The van der Waals surface area contributed by atoms with Gasteiger partial charge < -0.3 is 4.98 Å². The maximum absolute atomic E-state index is 4.16. The largest absolute Gasteiger partial charge is 0.348 e. The first-order valence-electron chi connectivity index (χ1n) is 3.97. The van der Waals surface area contributed by atoms with Crippen molar-refractivity contribution in [1.29, 1.82) is 0 Å². The molecule has 2 nitrogen and oxygen atoms in total. The molecule has 1 aromatic carbocycles. The van der Waals surface area contributed by atoms with E-state index in [0.29, 0.717) is 0 Å². The van der Waals surface area contributed by atoms with E-state index in [1.54, 1.807) is 6.20 Å². The van der Waals surface area contributed by atoms with E-state index in [0.717, 1.165) is 12.2 Å². The summed E-state index contributed by atoms with van der Waals surface area (Å²) in [4.78, 5) is 7.23. The smallest absolute Gasteiger partial charge is 0.110 e. The summed E-state index contributed by atoms with van der Waals surface area (Å²) in [6.45, 7) is 0. The second-order valence-electron chi connectivity index (χ2n) is 2.70. The molecule has 0 amide bonds. The van der Waals surface area contributed by atoms with Gasteiger partial charge in [0.15, 0.2) is 0 Å². The predicted octanol–water partition coefficient (Wildman–Crippen LogP) is 2.58. The van der Waals surface area contributed by atoms with Crippen LogP contribution in [0.25, 0.3) is 0 Å². The Labute approximate surface area is 87.8 Å². The first-order chi connectivity index (χ1) is 5.95. The Morgan fingerprint density at radius 2 is 1.92 bits per heavy atom. The van der Waals surface area contributed by atoms with Gasteiger partial charge in [-0.2, -0.15) is 0 Å². The first-order valence-corrected chi connectivity index (χ1v) is 3.97. The molecule has 1 N–H and O–H groups in total. The lowest BCUT2D eigenvalue weighted by Gasteiger charge is -1.95. The molecule has 1 heterocycles. The lowest BCUT2D eigenvalue weighted by molar-refractivity contribution is 1.03. The summed E-state index contributed by atoms with van der Waals surface area (Å²) in [5, 5.41) is 0. The lowest BCUT2D eigenvalue weighted by atomic mass is 10.1. The van der Waals surface area contributed by atoms with Gasteiger partial charge in [0.2, 0.25) is 0 Å². The van der Waals surface area contributed by atoms with E-state index in [1.165, 1.54) is 5.56 Å². The van der Waals surface area contributed by atoms with Crippen molar-refractivity contribution < 1.29 is 0 Å². The molecule has 0 radical (unpaired) electrons. The zero-order valence-electron chi connectivity index (χ0n) is 7.10. The van der Waals surface area contributed by atoms with Gasteiger partial charge in [0, 0.05) is 18.8 Å². The Hall–Kier alpha value is -1.09. The number of halogens is 1. The highest BCUT2D eigenvalue weighted by Crippen LogP contribution is 2.03. The summed E-state index contributed by atoms with van der Waals surface area (Å²) < 4.78 is 0. The van der Waals surface area contributed by atoms with Gasteiger partial charge in [-0.25, -0.2) is 4.98 Å². The number of hydrogen-bond acceptors (Lipinski definition) is 1. The highest BCUT2D eigenvalue weighted by atomic mass is 79.9. The van der Waals surface area contributed by atoms with Gasteiger partial charge in [0.05, 0.1) is 0 Å². The number of rotatable bonds is 2. The Morgan fingerprint density at radius 3 is 2.54 bits per heavy atom. The van der Waals surface area contributed by atoms with Crippen LogP contribution in [0.1, 0.15) is 11.4 Å². The Bertz CT molecular complexity index is 329. The van der Waals surface area contributed by atoms with Crippen LogP contribution >= 0.6 is 17.0 Å². The van der Waals surface area contributed by atoms with Crippen molar-refractivity contribution in [3.8, 4) is 0 Å². The van der Waals surface area contributed by atoms with Crippen molar-refractivity contribution in [2.45, 2.75) is 6.42 Å². The summed E-state index contributed by atoms with van der Waals surface area (Å²) in [5.41, 5.74) is 1.28. The van der Waals surface area contributed by atoms with Gasteiger partial charge in [-0.3, -0.25) is 0 Å². The first kappa shape index (κ1) is 9.99. The molecule has 3 heteroatoms. The van der Waals surface area contributed by atoms with Crippen LogP contribution in [0, 0.1) is 0 Å². The van der Waals surface area contributed by atoms with Crippen LogP contribution in [0.3, 0.4) is 0 Å². The van der Waals surface area contributed by atoms with Crippen LogP contribution < -0.4 is 0 Å². The quantitative estimate of drug-likeness (QED) is 0.857. The highest BCUT2D eigenvalue weighted by molar-refractivity contribution is 8.93. The normalized spacial score (nSPS) is 9.23. The molecule has 0 aliphatic rings. The molecule has 0 saturated carbocycles. The molecule has 0 atom stereocenters. The van der Waals surface area contributed by atoms with Gasteiger partial charge in [0.1, 0.15) is 5.82 Å². The zero-order valence-corrected chi connectivity index (χ0v) is 8.82. The van der Waals surface area contributed by atoms with Gasteiger partial charge in [-0.1, -0.05) is 30.3 Å². The summed E-state index contributed by atoms with van der Waals surface area (Å²) in [7, 11) is 0. The minimum atomic E-state index is 0. The third kappa shape index (κ3) is 2.70. The van der Waals surface area contributed by atoms with E-state index in [-0.39, 0.29) is 17.0 Å². The summed E-state index contributed by atoms with van der Waals surface area (Å²) >= 11 is 0. The molecule has 13 heavy (non-hydrogen) atoms. The molecule has 1 aromatic heterocycles. The molecular formula is C10H11BrN2. The average molecular weight is 239 g/mol. The van der Waals surface area contributed by atoms with Crippen molar-refractivity contribution in [2.24, 2.45) is 0 Å². The van der Waals surface area contributed by atoms with Crippen molar-refractivity contribution in [1.82, 2.24) is 9.97 Å². The maximum Gasteiger partial charge on any atom is 0.110 e. The molecule has 2 rings (SSSR count). The third-order valence-corrected chi connectivity index (χ3v) is 1.77. The fourth-order valence-electron chi connectivity index (χ4n) is 1.18. The monoisotopic (exact) mass is 238 g/mol. The average Bonchev–Trinajstić information content (AvgIpc) is 2.59.